The Bertz CT molecular complexity index is 735. The first kappa shape index (κ1) is 13.7. The van der Waals surface area contributed by atoms with Crippen LogP contribution in [0.1, 0.15) is 11.1 Å². The normalized spacial score (nSPS) is 15.3. The van der Waals surface area contributed by atoms with E-state index in [1.165, 1.54) is 0 Å². The topological polar surface area (TPSA) is 29.1 Å². The minimum Gasteiger partial charge on any atom is -0.321 e. The molecule has 0 aliphatic carbocycles. The Morgan fingerprint density at radius 2 is 1.80 bits per heavy atom. The van der Waals surface area contributed by atoms with Crippen molar-refractivity contribution in [3.8, 4) is 0 Å². The largest absolute Gasteiger partial charge is 0.321 e. The van der Waals surface area contributed by atoms with E-state index in [4.69, 9.17) is 23.2 Å². The SMILES string of the molecule is O=C1Nc2ccc(Br)cc2C1=Cc1c(Cl)cccc1Cl. The van der Waals surface area contributed by atoms with Gasteiger partial charge in [0.25, 0.3) is 5.91 Å². The molecule has 20 heavy (non-hydrogen) atoms. The first-order chi connectivity index (χ1) is 9.56. The van der Waals surface area contributed by atoms with Crippen molar-refractivity contribution >= 4 is 62.4 Å². The van der Waals surface area contributed by atoms with E-state index >= 15 is 0 Å². The van der Waals surface area contributed by atoms with Crippen molar-refractivity contribution in [2.24, 2.45) is 0 Å². The highest BCUT2D eigenvalue weighted by molar-refractivity contribution is 9.10. The van der Waals surface area contributed by atoms with Gasteiger partial charge in [-0.1, -0.05) is 45.2 Å². The van der Waals surface area contributed by atoms with Gasteiger partial charge in [0.1, 0.15) is 0 Å². The molecule has 0 atom stereocenters. The van der Waals surface area contributed by atoms with Crippen molar-refractivity contribution in [1.29, 1.82) is 0 Å². The summed E-state index contributed by atoms with van der Waals surface area (Å²) in [6.07, 6.45) is 1.72. The maximum atomic E-state index is 12.1. The summed E-state index contributed by atoms with van der Waals surface area (Å²) in [5.74, 6) is -0.158. The molecule has 1 heterocycles. The Hall–Kier alpha value is -1.29. The van der Waals surface area contributed by atoms with Crippen molar-refractivity contribution in [1.82, 2.24) is 0 Å². The zero-order chi connectivity index (χ0) is 14.3. The van der Waals surface area contributed by atoms with Crippen LogP contribution in [0.5, 0.6) is 0 Å². The second-order valence-electron chi connectivity index (χ2n) is 4.34. The van der Waals surface area contributed by atoms with Gasteiger partial charge in [-0.15, -0.1) is 0 Å². The van der Waals surface area contributed by atoms with Crippen LogP contribution in [0.3, 0.4) is 0 Å². The van der Waals surface area contributed by atoms with Crippen molar-refractivity contribution in [2.75, 3.05) is 5.32 Å². The lowest BCUT2D eigenvalue weighted by Gasteiger charge is -2.03. The number of nitrogens with one attached hydrogen (secondary N) is 1. The molecule has 2 nitrogen and oxygen atoms in total. The number of benzene rings is 2. The molecule has 3 rings (SSSR count). The Kier molecular flexibility index (Phi) is 3.59. The fraction of sp³-hybridized carbons (Fsp3) is 0. The number of carbonyl (C=O) groups excluding carboxylic acids is 1. The summed E-state index contributed by atoms with van der Waals surface area (Å²) < 4.78 is 0.906. The van der Waals surface area contributed by atoms with E-state index in [0.29, 0.717) is 21.2 Å². The minimum absolute atomic E-state index is 0.158. The lowest BCUT2D eigenvalue weighted by atomic mass is 10.0. The first-order valence-electron chi connectivity index (χ1n) is 5.83. The molecule has 0 radical (unpaired) electrons. The summed E-state index contributed by atoms with van der Waals surface area (Å²) in [6, 6.07) is 10.9. The predicted octanol–water partition coefficient (Wildman–Crippen LogP) is 5.25. The van der Waals surface area contributed by atoms with Gasteiger partial charge in [-0.25, -0.2) is 0 Å². The number of anilines is 1. The molecule has 0 fully saturated rings. The Balaban J connectivity index is 2.18. The van der Waals surface area contributed by atoms with E-state index in [9.17, 15) is 4.79 Å². The second-order valence-corrected chi connectivity index (χ2v) is 6.07. The van der Waals surface area contributed by atoms with Crippen molar-refractivity contribution in [3.05, 3.63) is 62.0 Å². The van der Waals surface area contributed by atoms with E-state index in [1.54, 1.807) is 24.3 Å². The van der Waals surface area contributed by atoms with Crippen LogP contribution < -0.4 is 5.32 Å². The number of fused-ring (bicyclic) bond motifs is 1. The third kappa shape index (κ3) is 2.37. The van der Waals surface area contributed by atoms with Gasteiger partial charge in [0.2, 0.25) is 0 Å². The summed E-state index contributed by atoms with van der Waals surface area (Å²) in [5.41, 5.74) is 2.82. The molecular weight excluding hydrogens is 361 g/mol. The Morgan fingerprint density at radius 1 is 1.10 bits per heavy atom. The monoisotopic (exact) mass is 367 g/mol. The van der Waals surface area contributed by atoms with Gasteiger partial charge in [-0.05, 0) is 36.4 Å². The van der Waals surface area contributed by atoms with Crippen LogP contribution in [-0.2, 0) is 4.79 Å². The van der Waals surface area contributed by atoms with E-state index in [2.05, 4.69) is 21.2 Å². The maximum Gasteiger partial charge on any atom is 0.256 e. The van der Waals surface area contributed by atoms with Crippen molar-refractivity contribution in [2.45, 2.75) is 0 Å². The smallest absolute Gasteiger partial charge is 0.256 e. The molecule has 0 saturated carbocycles. The molecular formula is C15H8BrCl2NO. The van der Waals surface area contributed by atoms with E-state index in [1.807, 2.05) is 18.2 Å². The van der Waals surface area contributed by atoms with E-state index in [-0.39, 0.29) is 5.91 Å². The van der Waals surface area contributed by atoms with Gasteiger partial charge >= 0.3 is 0 Å². The highest BCUT2D eigenvalue weighted by Gasteiger charge is 2.24. The minimum atomic E-state index is -0.158. The molecule has 2 aromatic rings. The molecule has 0 bridgehead atoms. The average Bonchev–Trinajstić information content (AvgIpc) is 2.70. The van der Waals surface area contributed by atoms with Crippen LogP contribution in [0.2, 0.25) is 10.0 Å². The van der Waals surface area contributed by atoms with Crippen LogP contribution in [-0.4, -0.2) is 5.91 Å². The maximum absolute atomic E-state index is 12.1. The zero-order valence-corrected chi connectivity index (χ0v) is 13.2. The van der Waals surface area contributed by atoms with Crippen LogP contribution in [0.15, 0.2) is 40.9 Å². The third-order valence-electron chi connectivity index (χ3n) is 3.05. The second kappa shape index (κ2) is 5.24. The van der Waals surface area contributed by atoms with E-state index in [0.717, 1.165) is 15.7 Å². The number of carbonyl (C=O) groups is 1. The number of amides is 1. The van der Waals surface area contributed by atoms with Crippen molar-refractivity contribution in [3.63, 3.8) is 0 Å². The van der Waals surface area contributed by atoms with Gasteiger partial charge in [0, 0.05) is 36.9 Å². The number of rotatable bonds is 1. The molecule has 1 amide bonds. The van der Waals surface area contributed by atoms with Gasteiger partial charge < -0.3 is 5.32 Å². The summed E-state index contributed by atoms with van der Waals surface area (Å²) in [4.78, 5) is 12.1. The molecule has 0 aromatic heterocycles. The molecule has 0 unspecified atom stereocenters. The van der Waals surface area contributed by atoms with Crippen molar-refractivity contribution < 1.29 is 4.79 Å². The average molecular weight is 369 g/mol. The highest BCUT2D eigenvalue weighted by Crippen LogP contribution is 2.37. The fourth-order valence-corrected chi connectivity index (χ4v) is 2.96. The number of hydrogen-bond donors (Lipinski definition) is 1. The molecule has 0 saturated heterocycles. The van der Waals surface area contributed by atoms with Crippen LogP contribution in [0.4, 0.5) is 5.69 Å². The van der Waals surface area contributed by atoms with Gasteiger partial charge in [-0.2, -0.15) is 0 Å². The van der Waals surface area contributed by atoms with Gasteiger partial charge in [0.15, 0.2) is 0 Å². The number of hydrogen-bond acceptors (Lipinski definition) is 1. The first-order valence-corrected chi connectivity index (χ1v) is 7.38. The predicted molar refractivity (Wildman–Crippen MR) is 87.1 cm³/mol. The van der Waals surface area contributed by atoms with E-state index < -0.39 is 0 Å². The third-order valence-corrected chi connectivity index (χ3v) is 4.21. The molecule has 1 N–H and O–H groups in total. The van der Waals surface area contributed by atoms with Gasteiger partial charge in [-0.3, -0.25) is 4.79 Å². The molecule has 5 heteroatoms. The number of halogens is 3. The lowest BCUT2D eigenvalue weighted by molar-refractivity contribution is -0.110. The molecule has 0 spiro atoms. The van der Waals surface area contributed by atoms with Gasteiger partial charge in [0.05, 0.1) is 0 Å². The molecule has 1 aliphatic rings. The molecule has 1 aliphatic heterocycles. The quantitative estimate of drug-likeness (QED) is 0.684. The lowest BCUT2D eigenvalue weighted by Crippen LogP contribution is -2.03. The highest BCUT2D eigenvalue weighted by atomic mass is 79.9. The summed E-state index contributed by atoms with van der Waals surface area (Å²) in [6.45, 7) is 0. The fourth-order valence-electron chi connectivity index (χ4n) is 2.10. The standard InChI is InChI=1S/C15H8BrCl2NO/c16-8-4-5-14-9(6-8)10(15(20)19-14)7-11-12(17)2-1-3-13(11)18/h1-7H,(H,19,20). The summed E-state index contributed by atoms with van der Waals surface area (Å²) in [5, 5.41) is 3.85. The van der Waals surface area contributed by atoms with Crippen LogP contribution in [0, 0.1) is 0 Å². The Morgan fingerprint density at radius 3 is 2.50 bits per heavy atom. The molecule has 2 aromatic carbocycles. The molecule has 100 valence electrons. The Labute approximate surface area is 134 Å². The van der Waals surface area contributed by atoms with Crippen LogP contribution in [0.25, 0.3) is 11.6 Å². The van der Waals surface area contributed by atoms with Crippen LogP contribution >= 0.6 is 39.1 Å². The summed E-state index contributed by atoms with van der Waals surface area (Å²) in [7, 11) is 0. The zero-order valence-electron chi connectivity index (χ0n) is 10.1. The summed E-state index contributed by atoms with van der Waals surface area (Å²) >= 11 is 15.7.